The fraction of sp³-hybridized carbons (Fsp3) is 0.667. The first-order chi connectivity index (χ1) is 7.56. The minimum absolute atomic E-state index is 0.458. The average Bonchev–Trinajstić information content (AvgIpc) is 2.28. The normalized spacial score (nSPS) is 12.9. The summed E-state index contributed by atoms with van der Waals surface area (Å²) in [6, 6.07) is 0.458. The Morgan fingerprint density at radius 2 is 2.00 bits per heavy atom. The van der Waals surface area contributed by atoms with Crippen molar-refractivity contribution in [3.63, 3.8) is 0 Å². The first-order valence-electron chi connectivity index (χ1n) is 5.74. The second-order valence-corrected chi connectivity index (χ2v) is 4.49. The van der Waals surface area contributed by atoms with Crippen molar-refractivity contribution in [2.75, 3.05) is 19.0 Å². The lowest BCUT2D eigenvalue weighted by molar-refractivity contribution is 0.501. The van der Waals surface area contributed by atoms with E-state index in [0.29, 0.717) is 12.0 Å². The molecule has 1 N–H and O–H groups in total. The molecule has 0 aromatic carbocycles. The maximum absolute atomic E-state index is 4.57. The molecular formula is C12H22N4. The van der Waals surface area contributed by atoms with Gasteiger partial charge in [-0.25, -0.2) is 4.98 Å². The summed E-state index contributed by atoms with van der Waals surface area (Å²) in [6.45, 7) is 7.39. The van der Waals surface area contributed by atoms with Gasteiger partial charge in [0.1, 0.15) is 5.82 Å². The van der Waals surface area contributed by atoms with Crippen molar-refractivity contribution in [1.29, 1.82) is 0 Å². The Bertz CT molecular complexity index is 325. The Labute approximate surface area is 98.1 Å². The van der Waals surface area contributed by atoms with E-state index < -0.39 is 0 Å². The van der Waals surface area contributed by atoms with Crippen LogP contribution in [-0.4, -0.2) is 30.1 Å². The molecule has 0 saturated carbocycles. The smallest absolute Gasteiger partial charge is 0.147 e. The molecule has 90 valence electrons. The van der Waals surface area contributed by atoms with E-state index in [2.05, 4.69) is 48.0 Å². The molecule has 0 amide bonds. The third-order valence-corrected chi connectivity index (χ3v) is 2.97. The molecule has 0 radical (unpaired) electrons. The Morgan fingerprint density at radius 3 is 2.56 bits per heavy atom. The van der Waals surface area contributed by atoms with E-state index in [0.717, 1.165) is 18.1 Å². The van der Waals surface area contributed by atoms with Crippen molar-refractivity contribution in [2.24, 2.45) is 5.92 Å². The molecule has 1 heterocycles. The van der Waals surface area contributed by atoms with Crippen LogP contribution in [0.4, 0.5) is 5.82 Å². The third-order valence-electron chi connectivity index (χ3n) is 2.97. The zero-order chi connectivity index (χ0) is 12.1. The van der Waals surface area contributed by atoms with Gasteiger partial charge in [0.15, 0.2) is 0 Å². The summed E-state index contributed by atoms with van der Waals surface area (Å²) in [5, 5.41) is 3.08. The minimum atomic E-state index is 0.458. The van der Waals surface area contributed by atoms with Crippen molar-refractivity contribution < 1.29 is 0 Å². The van der Waals surface area contributed by atoms with Gasteiger partial charge in [0.25, 0.3) is 0 Å². The molecule has 4 nitrogen and oxygen atoms in total. The molecule has 1 rings (SSSR count). The third kappa shape index (κ3) is 3.17. The maximum Gasteiger partial charge on any atom is 0.147 e. The van der Waals surface area contributed by atoms with Gasteiger partial charge in [0.2, 0.25) is 0 Å². The molecular weight excluding hydrogens is 200 g/mol. The van der Waals surface area contributed by atoms with Crippen LogP contribution in [0.1, 0.15) is 26.5 Å². The van der Waals surface area contributed by atoms with E-state index in [9.17, 15) is 0 Å². The molecule has 0 spiro atoms. The fourth-order valence-corrected chi connectivity index (χ4v) is 1.49. The average molecular weight is 222 g/mol. The van der Waals surface area contributed by atoms with Crippen LogP contribution in [0.3, 0.4) is 0 Å². The predicted octanol–water partition coefficient (Wildman–Crippen LogP) is 1.68. The lowest BCUT2D eigenvalue weighted by atomic mass is 10.1. The number of anilines is 1. The molecule has 0 aliphatic heterocycles. The predicted molar refractivity (Wildman–Crippen MR) is 67.5 cm³/mol. The van der Waals surface area contributed by atoms with Gasteiger partial charge in [-0.1, -0.05) is 13.8 Å². The minimum Gasteiger partial charge on any atom is -0.355 e. The van der Waals surface area contributed by atoms with E-state index in [1.165, 1.54) is 0 Å². The number of rotatable bonds is 5. The van der Waals surface area contributed by atoms with Crippen LogP contribution in [0, 0.1) is 5.92 Å². The van der Waals surface area contributed by atoms with Gasteiger partial charge in [0.05, 0.1) is 11.9 Å². The van der Waals surface area contributed by atoms with Gasteiger partial charge < -0.3 is 10.2 Å². The summed E-state index contributed by atoms with van der Waals surface area (Å²) in [4.78, 5) is 11.0. The van der Waals surface area contributed by atoms with Crippen molar-refractivity contribution in [1.82, 2.24) is 15.3 Å². The second kappa shape index (κ2) is 5.80. The van der Waals surface area contributed by atoms with Crippen LogP contribution in [0.15, 0.2) is 12.4 Å². The summed E-state index contributed by atoms with van der Waals surface area (Å²) >= 11 is 0. The zero-order valence-electron chi connectivity index (χ0n) is 10.9. The van der Waals surface area contributed by atoms with Crippen LogP contribution in [0.2, 0.25) is 0 Å². The fourth-order valence-electron chi connectivity index (χ4n) is 1.49. The van der Waals surface area contributed by atoms with Crippen molar-refractivity contribution in [3.8, 4) is 0 Å². The van der Waals surface area contributed by atoms with Gasteiger partial charge in [0, 0.05) is 25.8 Å². The van der Waals surface area contributed by atoms with Crippen LogP contribution >= 0.6 is 0 Å². The second-order valence-electron chi connectivity index (χ2n) is 4.49. The monoisotopic (exact) mass is 222 g/mol. The molecule has 1 aromatic rings. The van der Waals surface area contributed by atoms with E-state index in [-0.39, 0.29) is 0 Å². The van der Waals surface area contributed by atoms with Gasteiger partial charge in [-0.05, 0) is 19.9 Å². The summed E-state index contributed by atoms with van der Waals surface area (Å²) < 4.78 is 0. The first kappa shape index (κ1) is 12.9. The summed E-state index contributed by atoms with van der Waals surface area (Å²) in [7, 11) is 3.98. The number of hydrogen-bond acceptors (Lipinski definition) is 4. The first-order valence-corrected chi connectivity index (χ1v) is 5.74. The van der Waals surface area contributed by atoms with Gasteiger partial charge in [-0.3, -0.25) is 4.98 Å². The van der Waals surface area contributed by atoms with E-state index in [1.807, 2.05) is 13.2 Å². The van der Waals surface area contributed by atoms with Crippen molar-refractivity contribution >= 4 is 5.82 Å². The van der Waals surface area contributed by atoms with E-state index in [4.69, 9.17) is 0 Å². The lowest BCUT2D eigenvalue weighted by Crippen LogP contribution is -2.34. The van der Waals surface area contributed by atoms with Crippen LogP contribution in [0.25, 0.3) is 0 Å². The SMILES string of the molecule is CNCc1cncc(N(C)C(C)C(C)C)n1. The summed E-state index contributed by atoms with van der Waals surface area (Å²) in [6.07, 6.45) is 3.62. The molecule has 0 bridgehead atoms. The Hall–Kier alpha value is -1.16. The molecule has 1 atom stereocenters. The largest absolute Gasteiger partial charge is 0.355 e. The van der Waals surface area contributed by atoms with Gasteiger partial charge in [-0.2, -0.15) is 0 Å². The molecule has 1 aromatic heterocycles. The number of nitrogens with zero attached hydrogens (tertiary/aromatic N) is 3. The molecule has 4 heteroatoms. The zero-order valence-corrected chi connectivity index (χ0v) is 10.9. The number of nitrogens with one attached hydrogen (secondary N) is 1. The van der Waals surface area contributed by atoms with Crippen molar-refractivity contribution in [2.45, 2.75) is 33.4 Å². The van der Waals surface area contributed by atoms with Crippen molar-refractivity contribution in [3.05, 3.63) is 18.1 Å². The standard InChI is InChI=1S/C12H22N4/c1-9(2)10(3)16(5)12-8-14-7-11(15-12)6-13-4/h7-10,13H,6H2,1-5H3. The molecule has 0 fully saturated rings. The number of aromatic nitrogens is 2. The van der Waals surface area contributed by atoms with E-state index in [1.54, 1.807) is 6.20 Å². The molecule has 1 unspecified atom stereocenters. The summed E-state index contributed by atoms with van der Waals surface area (Å²) in [5.41, 5.74) is 0.975. The van der Waals surface area contributed by atoms with E-state index >= 15 is 0 Å². The quantitative estimate of drug-likeness (QED) is 0.823. The topological polar surface area (TPSA) is 41.1 Å². The highest BCUT2D eigenvalue weighted by Crippen LogP contribution is 2.15. The van der Waals surface area contributed by atoms with Crippen LogP contribution in [0.5, 0.6) is 0 Å². The maximum atomic E-state index is 4.57. The van der Waals surface area contributed by atoms with Crippen LogP contribution in [-0.2, 0) is 6.54 Å². The highest BCUT2D eigenvalue weighted by Gasteiger charge is 2.15. The highest BCUT2D eigenvalue weighted by atomic mass is 15.2. The molecule has 0 saturated heterocycles. The Balaban J connectivity index is 2.82. The molecule has 16 heavy (non-hydrogen) atoms. The molecule has 0 aliphatic carbocycles. The lowest BCUT2D eigenvalue weighted by Gasteiger charge is -2.28. The van der Waals surface area contributed by atoms with Gasteiger partial charge >= 0.3 is 0 Å². The molecule has 0 aliphatic rings. The van der Waals surface area contributed by atoms with Gasteiger partial charge in [-0.15, -0.1) is 0 Å². The number of hydrogen-bond donors (Lipinski definition) is 1. The van der Waals surface area contributed by atoms with Crippen LogP contribution < -0.4 is 10.2 Å². The Kier molecular flexibility index (Phi) is 4.68. The Morgan fingerprint density at radius 1 is 1.31 bits per heavy atom. The summed E-state index contributed by atoms with van der Waals surface area (Å²) in [5.74, 6) is 1.54. The highest BCUT2D eigenvalue weighted by molar-refractivity contribution is 5.36.